The third-order valence-electron chi connectivity index (χ3n) is 8.64. The summed E-state index contributed by atoms with van der Waals surface area (Å²) in [4.78, 5) is 2.26. The minimum absolute atomic E-state index is 0.537. The smallest absolute Gasteiger partial charge is 0.184 e. The first-order chi connectivity index (χ1) is 21.2. The molecule has 1 aromatic rings. The first kappa shape index (κ1) is 37.3. The molecule has 0 saturated heterocycles. The van der Waals surface area contributed by atoms with E-state index in [1.54, 1.807) is 12.4 Å². The largest absolute Gasteiger partial charge is 0.623 e. The molecule has 1 heterocycles. The number of pyridine rings is 1. The normalized spacial score (nSPS) is 14.1. The third-order valence-corrected chi connectivity index (χ3v) is 8.64. The van der Waals surface area contributed by atoms with Crippen molar-refractivity contribution in [3.05, 3.63) is 81.5 Å². The van der Waals surface area contributed by atoms with Crippen LogP contribution in [-0.4, -0.2) is 113 Å². The van der Waals surface area contributed by atoms with E-state index in [0.29, 0.717) is 0 Å². The molecule has 2 aliphatic rings. The lowest BCUT2D eigenvalue weighted by Crippen LogP contribution is -2.42. The molecule has 0 aromatic heterocycles. The van der Waals surface area contributed by atoms with Gasteiger partial charge in [-0.1, -0.05) is 30.3 Å². The Balaban J connectivity index is 1.81. The number of quaternary nitrogens is 2. The zero-order valence-electron chi connectivity index (χ0n) is 30.9. The fraction of sp³-hybridized carbons (Fsp3) is 0.579. The summed E-state index contributed by atoms with van der Waals surface area (Å²) in [6, 6.07) is 12.9. The molecule has 0 amide bonds. The monoisotopic (exact) mass is 634 g/mol. The molecule has 8 heteroatoms. The molecule has 0 bridgehead atoms. The molecule has 3 rings (SSSR count). The Morgan fingerprint density at radius 3 is 1.70 bits per heavy atom. The van der Waals surface area contributed by atoms with Crippen molar-refractivity contribution in [2.24, 2.45) is 0 Å². The van der Waals surface area contributed by atoms with E-state index in [9.17, 15) is 10.4 Å². The molecule has 1 aliphatic carbocycles. The number of hydroxylamine groups is 2. The van der Waals surface area contributed by atoms with Gasteiger partial charge in [0.25, 0.3) is 0 Å². The van der Waals surface area contributed by atoms with Gasteiger partial charge in [-0.25, -0.2) is 9.48 Å². The van der Waals surface area contributed by atoms with Crippen LogP contribution >= 0.6 is 0 Å². The van der Waals surface area contributed by atoms with Crippen LogP contribution in [0.4, 0.5) is 0 Å². The van der Waals surface area contributed by atoms with Gasteiger partial charge in [0.05, 0.1) is 46.8 Å². The summed E-state index contributed by atoms with van der Waals surface area (Å²) in [6.07, 6.45) is 9.74. The van der Waals surface area contributed by atoms with Crippen LogP contribution < -0.4 is 0 Å². The minimum atomic E-state index is -0.551. The Morgan fingerprint density at radius 2 is 1.20 bits per heavy atom. The second-order valence-electron chi connectivity index (χ2n) is 16.7. The van der Waals surface area contributed by atoms with Crippen LogP contribution in [-0.2, 0) is 19.6 Å². The minimum Gasteiger partial charge on any atom is -0.623 e. The van der Waals surface area contributed by atoms with E-state index in [2.05, 4.69) is 88.4 Å². The first-order valence-electron chi connectivity index (χ1n) is 16.8. The Hall–Kier alpha value is -3.20. The van der Waals surface area contributed by atoms with Crippen molar-refractivity contribution in [1.29, 1.82) is 0 Å². The van der Waals surface area contributed by atoms with Gasteiger partial charge in [0.2, 0.25) is 0 Å². The summed E-state index contributed by atoms with van der Waals surface area (Å²) in [7, 11) is 13.6. The van der Waals surface area contributed by atoms with E-state index in [1.165, 1.54) is 17.5 Å². The molecular weight excluding hydrogens is 572 g/mol. The van der Waals surface area contributed by atoms with E-state index >= 15 is 0 Å². The SMILES string of the molecule is CN(C)CCC[N+](C)(C)Cc1ccccc1C[N+](C)(C)CCCn1cc(/C=[N+](\[O-])C(C)(C)C)c2ccc(/C=[N+](\[O-])C(C)(C)C)c-2c1. The van der Waals surface area contributed by atoms with Gasteiger partial charge in [0.1, 0.15) is 13.1 Å². The maximum absolute atomic E-state index is 13.0. The highest BCUT2D eigenvalue weighted by molar-refractivity contribution is 5.96. The summed E-state index contributed by atoms with van der Waals surface area (Å²) >= 11 is 0. The summed E-state index contributed by atoms with van der Waals surface area (Å²) in [5, 5.41) is 25.8. The van der Waals surface area contributed by atoms with Gasteiger partial charge in [-0.2, -0.15) is 0 Å². The molecule has 0 fully saturated rings. The van der Waals surface area contributed by atoms with Crippen LogP contribution in [0.15, 0.2) is 48.8 Å². The van der Waals surface area contributed by atoms with Crippen LogP contribution in [0.3, 0.4) is 0 Å². The topological polar surface area (TPSA) is 60.3 Å². The molecule has 0 spiro atoms. The van der Waals surface area contributed by atoms with Crippen LogP contribution in [0.1, 0.15) is 76.6 Å². The van der Waals surface area contributed by atoms with Gasteiger partial charge in [0, 0.05) is 102 Å². The van der Waals surface area contributed by atoms with Crippen LogP contribution in [0.5, 0.6) is 0 Å². The first-order valence-corrected chi connectivity index (χ1v) is 16.8. The van der Waals surface area contributed by atoms with Crippen molar-refractivity contribution in [2.45, 2.75) is 85.1 Å². The molecule has 0 N–H and O–H groups in total. The molecule has 8 nitrogen and oxygen atoms in total. The number of benzene rings is 1. The number of aryl methyl sites for hydroxylation is 1. The maximum atomic E-state index is 13.0. The summed E-state index contributed by atoms with van der Waals surface area (Å²) < 4.78 is 6.09. The van der Waals surface area contributed by atoms with E-state index in [1.807, 2.05) is 53.7 Å². The molecule has 254 valence electrons. The lowest BCUT2D eigenvalue weighted by molar-refractivity contribution is -0.907. The fourth-order valence-corrected chi connectivity index (χ4v) is 5.78. The number of fused-ring (bicyclic) bond motifs is 1. The number of aromatic nitrogens is 1. The molecule has 0 saturated carbocycles. The van der Waals surface area contributed by atoms with Crippen molar-refractivity contribution >= 4 is 12.4 Å². The number of hydrogen-bond acceptors (Lipinski definition) is 3. The highest BCUT2D eigenvalue weighted by atomic mass is 16.5. The Bertz CT molecular complexity index is 1470. The van der Waals surface area contributed by atoms with Crippen LogP contribution in [0, 0.1) is 10.4 Å². The Kier molecular flexibility index (Phi) is 11.9. The van der Waals surface area contributed by atoms with E-state index < -0.39 is 11.1 Å². The Morgan fingerprint density at radius 1 is 0.696 bits per heavy atom. The van der Waals surface area contributed by atoms with Gasteiger partial charge < -0.3 is 28.8 Å². The lowest BCUT2D eigenvalue weighted by Gasteiger charge is -2.33. The van der Waals surface area contributed by atoms with Gasteiger partial charge >= 0.3 is 0 Å². The van der Waals surface area contributed by atoms with Gasteiger partial charge in [-0.3, -0.25) is 0 Å². The second kappa shape index (κ2) is 14.7. The zero-order chi connectivity index (χ0) is 34.5. The molecule has 1 aliphatic heterocycles. The Labute approximate surface area is 279 Å². The molecule has 46 heavy (non-hydrogen) atoms. The van der Waals surface area contributed by atoms with Crippen LogP contribution in [0.25, 0.3) is 11.1 Å². The quantitative estimate of drug-likeness (QED) is 0.0694. The van der Waals surface area contributed by atoms with Gasteiger partial charge in [-0.05, 0) is 25.7 Å². The fourth-order valence-electron chi connectivity index (χ4n) is 5.78. The standard InChI is InChI=1S/C38H62N6O2/c1-37(2,3)41(45)26-31-19-20-35-34(27-42(46)38(4,5)6)25-40(28-36(31)35)22-16-24-44(11,12)30-33-18-14-13-17-32(33)29-43(9,10)23-15-21-39(7)8/h13-14,17-20,25-28H,15-16,21-24,29-30H2,1-12H3/q+2/b41-26-,42-27-. The number of nitrogens with zero attached hydrogens (tertiary/aromatic N) is 6. The van der Waals surface area contributed by atoms with Crippen molar-refractivity contribution in [3.8, 4) is 11.1 Å². The highest BCUT2D eigenvalue weighted by Gasteiger charge is 2.25. The molecular formula is C38H62N6O2+2. The number of hydrogen-bond donors (Lipinski definition) is 0. The van der Waals surface area contributed by atoms with Gasteiger partial charge in [0.15, 0.2) is 23.5 Å². The summed E-state index contributed by atoms with van der Waals surface area (Å²) in [5.41, 5.74) is 5.47. The average Bonchev–Trinajstić information content (AvgIpc) is 3.30. The molecule has 1 aromatic carbocycles. The van der Waals surface area contributed by atoms with Crippen molar-refractivity contribution in [1.82, 2.24) is 9.47 Å². The van der Waals surface area contributed by atoms with Crippen molar-refractivity contribution in [3.63, 3.8) is 0 Å². The van der Waals surface area contributed by atoms with Gasteiger partial charge in [-0.15, -0.1) is 0 Å². The van der Waals surface area contributed by atoms with Crippen molar-refractivity contribution < 1.29 is 18.4 Å². The second-order valence-corrected chi connectivity index (χ2v) is 16.7. The van der Waals surface area contributed by atoms with Crippen molar-refractivity contribution in [2.75, 3.05) is 61.9 Å². The van der Waals surface area contributed by atoms with E-state index in [4.69, 9.17) is 0 Å². The predicted molar refractivity (Wildman–Crippen MR) is 194 cm³/mol. The predicted octanol–water partition coefficient (Wildman–Crippen LogP) is 6.24. The summed E-state index contributed by atoms with van der Waals surface area (Å²) in [5.74, 6) is 0. The molecule has 0 unspecified atom stereocenters. The summed E-state index contributed by atoms with van der Waals surface area (Å²) in [6.45, 7) is 17.5. The zero-order valence-corrected chi connectivity index (χ0v) is 30.9. The maximum Gasteiger partial charge on any atom is 0.184 e. The number of rotatable bonds is 14. The molecule has 0 radical (unpaired) electrons. The van der Waals surface area contributed by atoms with E-state index in [-0.39, 0.29) is 0 Å². The van der Waals surface area contributed by atoms with E-state index in [0.717, 1.165) is 86.4 Å². The lowest BCUT2D eigenvalue weighted by atomic mass is 10.0. The third kappa shape index (κ3) is 11.0. The van der Waals surface area contributed by atoms with Crippen LogP contribution in [0.2, 0.25) is 0 Å². The molecule has 0 atom stereocenters. The highest BCUT2D eigenvalue weighted by Crippen LogP contribution is 2.31. The average molecular weight is 635 g/mol.